The monoisotopic (exact) mass is 328 g/mol. The van der Waals surface area contributed by atoms with Gasteiger partial charge in [-0.2, -0.15) is 0 Å². The highest BCUT2D eigenvalue weighted by atomic mass is 79.9. The van der Waals surface area contributed by atoms with Gasteiger partial charge in [0.25, 0.3) is 5.56 Å². The summed E-state index contributed by atoms with van der Waals surface area (Å²) >= 11 is 8.79. The lowest BCUT2D eigenvalue weighted by atomic mass is 10.2. The first kappa shape index (κ1) is 13.3. The Labute approximate surface area is 117 Å². The summed E-state index contributed by atoms with van der Waals surface area (Å²) in [7, 11) is 0. The summed E-state index contributed by atoms with van der Waals surface area (Å²) in [6, 6.07) is 9.72. The van der Waals surface area contributed by atoms with Gasteiger partial charge < -0.3 is 4.74 Å². The molecule has 2 rings (SSSR count). The standard InChI is InChI=1S/C12H10BrClN2O2/c13-10-11(14)15-7-16(12(10)17)8-18-6-9-4-2-1-3-5-9/h1-5,7H,6,8H2. The molecular weight excluding hydrogens is 320 g/mol. The van der Waals surface area contributed by atoms with E-state index in [2.05, 4.69) is 20.9 Å². The van der Waals surface area contributed by atoms with Crippen molar-refractivity contribution in [2.45, 2.75) is 13.3 Å². The minimum Gasteiger partial charge on any atom is -0.356 e. The molecule has 1 heterocycles. The Kier molecular flexibility index (Phi) is 4.52. The largest absolute Gasteiger partial charge is 0.356 e. The van der Waals surface area contributed by atoms with Crippen LogP contribution in [0, 0.1) is 0 Å². The van der Waals surface area contributed by atoms with E-state index in [9.17, 15) is 4.79 Å². The Hall–Kier alpha value is -1.17. The minimum atomic E-state index is -0.261. The second-order valence-electron chi connectivity index (χ2n) is 3.59. The van der Waals surface area contributed by atoms with Gasteiger partial charge >= 0.3 is 0 Å². The molecule has 0 amide bonds. The number of rotatable bonds is 4. The second kappa shape index (κ2) is 6.13. The summed E-state index contributed by atoms with van der Waals surface area (Å²) in [5, 5.41) is 0.152. The summed E-state index contributed by atoms with van der Waals surface area (Å²) < 4.78 is 7.03. The molecule has 6 heteroatoms. The van der Waals surface area contributed by atoms with E-state index in [4.69, 9.17) is 16.3 Å². The number of nitrogens with zero attached hydrogens (tertiary/aromatic N) is 2. The highest BCUT2D eigenvalue weighted by Gasteiger charge is 2.06. The zero-order chi connectivity index (χ0) is 13.0. The predicted molar refractivity (Wildman–Crippen MR) is 72.4 cm³/mol. The van der Waals surface area contributed by atoms with Gasteiger partial charge in [-0.05, 0) is 21.5 Å². The number of benzene rings is 1. The van der Waals surface area contributed by atoms with E-state index in [1.807, 2.05) is 30.3 Å². The zero-order valence-electron chi connectivity index (χ0n) is 9.35. The summed E-state index contributed by atoms with van der Waals surface area (Å²) in [5.41, 5.74) is 0.787. The van der Waals surface area contributed by atoms with Gasteiger partial charge in [-0.25, -0.2) is 4.98 Å². The quantitative estimate of drug-likeness (QED) is 0.810. The van der Waals surface area contributed by atoms with Gasteiger partial charge in [0, 0.05) is 0 Å². The fourth-order valence-electron chi connectivity index (χ4n) is 1.37. The molecular formula is C12H10BrClN2O2. The van der Waals surface area contributed by atoms with Crippen molar-refractivity contribution in [2.75, 3.05) is 0 Å². The molecule has 0 unspecified atom stereocenters. The van der Waals surface area contributed by atoms with Gasteiger partial charge in [0.1, 0.15) is 17.5 Å². The molecule has 94 valence electrons. The first-order valence-corrected chi connectivity index (χ1v) is 6.37. The highest BCUT2D eigenvalue weighted by Crippen LogP contribution is 2.13. The maximum absolute atomic E-state index is 11.7. The molecule has 4 nitrogen and oxygen atoms in total. The minimum absolute atomic E-state index is 0.135. The molecule has 0 aliphatic carbocycles. The van der Waals surface area contributed by atoms with Crippen LogP contribution < -0.4 is 5.56 Å². The van der Waals surface area contributed by atoms with Crippen molar-refractivity contribution >= 4 is 27.5 Å². The number of halogens is 2. The topological polar surface area (TPSA) is 44.1 Å². The molecule has 0 radical (unpaired) electrons. The first-order valence-electron chi connectivity index (χ1n) is 5.20. The fraction of sp³-hybridized carbons (Fsp3) is 0.167. The lowest BCUT2D eigenvalue weighted by Gasteiger charge is -2.07. The highest BCUT2D eigenvalue weighted by molar-refractivity contribution is 9.10. The van der Waals surface area contributed by atoms with Gasteiger partial charge in [-0.1, -0.05) is 41.9 Å². The van der Waals surface area contributed by atoms with Crippen molar-refractivity contribution in [2.24, 2.45) is 0 Å². The van der Waals surface area contributed by atoms with Gasteiger partial charge in [-0.3, -0.25) is 9.36 Å². The Balaban J connectivity index is 1.99. The maximum atomic E-state index is 11.7. The van der Waals surface area contributed by atoms with Crippen LogP contribution in [-0.4, -0.2) is 9.55 Å². The first-order chi connectivity index (χ1) is 8.68. The van der Waals surface area contributed by atoms with Crippen LogP contribution in [0.1, 0.15) is 5.56 Å². The van der Waals surface area contributed by atoms with Gasteiger partial charge in [0.05, 0.1) is 6.61 Å². The van der Waals surface area contributed by atoms with Crippen LogP contribution in [-0.2, 0) is 18.1 Å². The Morgan fingerprint density at radius 2 is 2.06 bits per heavy atom. The van der Waals surface area contributed by atoms with E-state index in [0.717, 1.165) is 5.56 Å². The van der Waals surface area contributed by atoms with E-state index >= 15 is 0 Å². The van der Waals surface area contributed by atoms with E-state index < -0.39 is 0 Å². The Morgan fingerprint density at radius 3 is 2.78 bits per heavy atom. The fourth-order valence-corrected chi connectivity index (χ4v) is 1.83. The number of aromatic nitrogens is 2. The van der Waals surface area contributed by atoms with Crippen molar-refractivity contribution in [3.05, 3.63) is 62.2 Å². The van der Waals surface area contributed by atoms with Crippen LogP contribution >= 0.6 is 27.5 Å². The summed E-state index contributed by atoms with van der Waals surface area (Å²) in [6.07, 6.45) is 1.36. The van der Waals surface area contributed by atoms with Crippen LogP contribution in [0.15, 0.2) is 45.9 Å². The molecule has 0 bridgehead atoms. The van der Waals surface area contributed by atoms with E-state index in [1.165, 1.54) is 10.9 Å². The van der Waals surface area contributed by atoms with Crippen molar-refractivity contribution in [3.63, 3.8) is 0 Å². The van der Waals surface area contributed by atoms with Crippen LogP contribution in [0.4, 0.5) is 0 Å². The van der Waals surface area contributed by atoms with Gasteiger partial charge in [0.2, 0.25) is 0 Å². The average Bonchev–Trinajstić information content (AvgIpc) is 2.40. The average molecular weight is 330 g/mol. The molecule has 1 aromatic carbocycles. The molecule has 0 saturated carbocycles. The molecule has 0 N–H and O–H groups in total. The third-order valence-electron chi connectivity index (χ3n) is 2.28. The van der Waals surface area contributed by atoms with Crippen LogP contribution in [0.5, 0.6) is 0 Å². The molecule has 0 atom stereocenters. The number of ether oxygens (including phenoxy) is 1. The predicted octanol–water partition coefficient (Wildman–Crippen LogP) is 2.83. The van der Waals surface area contributed by atoms with Crippen LogP contribution in [0.25, 0.3) is 0 Å². The third kappa shape index (κ3) is 3.19. The molecule has 2 aromatic rings. The van der Waals surface area contributed by atoms with E-state index in [1.54, 1.807) is 0 Å². The molecule has 0 spiro atoms. The lowest BCUT2D eigenvalue weighted by Crippen LogP contribution is -2.22. The Morgan fingerprint density at radius 1 is 1.33 bits per heavy atom. The molecule has 0 aliphatic rings. The van der Waals surface area contributed by atoms with Crippen molar-refractivity contribution in [3.8, 4) is 0 Å². The third-order valence-corrected chi connectivity index (χ3v) is 3.51. The van der Waals surface area contributed by atoms with Crippen LogP contribution in [0.3, 0.4) is 0 Å². The van der Waals surface area contributed by atoms with Gasteiger partial charge in [0.15, 0.2) is 5.15 Å². The van der Waals surface area contributed by atoms with Crippen molar-refractivity contribution < 1.29 is 4.74 Å². The lowest BCUT2D eigenvalue weighted by molar-refractivity contribution is 0.0609. The SMILES string of the molecule is O=c1c(Br)c(Cl)ncn1COCc1ccccc1. The normalized spacial score (nSPS) is 10.6. The maximum Gasteiger partial charge on any atom is 0.271 e. The zero-order valence-corrected chi connectivity index (χ0v) is 11.7. The molecule has 0 fully saturated rings. The van der Waals surface area contributed by atoms with Crippen molar-refractivity contribution in [1.29, 1.82) is 0 Å². The molecule has 0 aliphatic heterocycles. The Bertz CT molecular complexity index is 586. The number of hydrogen-bond donors (Lipinski definition) is 0. The molecule has 0 saturated heterocycles. The van der Waals surface area contributed by atoms with E-state index in [0.29, 0.717) is 6.61 Å². The van der Waals surface area contributed by atoms with Gasteiger partial charge in [-0.15, -0.1) is 0 Å². The smallest absolute Gasteiger partial charge is 0.271 e. The number of hydrogen-bond acceptors (Lipinski definition) is 3. The van der Waals surface area contributed by atoms with Crippen molar-refractivity contribution in [1.82, 2.24) is 9.55 Å². The molecule has 18 heavy (non-hydrogen) atoms. The molecule has 1 aromatic heterocycles. The summed E-state index contributed by atoms with van der Waals surface area (Å²) in [4.78, 5) is 15.6. The summed E-state index contributed by atoms with van der Waals surface area (Å²) in [6.45, 7) is 0.573. The summed E-state index contributed by atoms with van der Waals surface area (Å²) in [5.74, 6) is 0. The second-order valence-corrected chi connectivity index (χ2v) is 4.74. The van der Waals surface area contributed by atoms with E-state index in [-0.39, 0.29) is 21.9 Å². The van der Waals surface area contributed by atoms with Crippen LogP contribution in [0.2, 0.25) is 5.15 Å².